The molecule has 18 heavy (non-hydrogen) atoms. The van der Waals surface area contributed by atoms with Gasteiger partial charge in [-0.2, -0.15) is 0 Å². The van der Waals surface area contributed by atoms with Crippen LogP contribution in [0.3, 0.4) is 0 Å². The van der Waals surface area contributed by atoms with E-state index >= 15 is 0 Å². The number of carbonyl (C=O) groups excluding carboxylic acids is 1. The van der Waals surface area contributed by atoms with Crippen molar-refractivity contribution in [1.29, 1.82) is 0 Å². The molecule has 94 valence electrons. The second-order valence-electron chi connectivity index (χ2n) is 3.57. The van der Waals surface area contributed by atoms with E-state index in [0.29, 0.717) is 10.9 Å². The first-order valence-electron chi connectivity index (χ1n) is 5.24. The number of halogens is 1. The van der Waals surface area contributed by atoms with Crippen molar-refractivity contribution in [3.05, 3.63) is 38.9 Å². The summed E-state index contributed by atoms with van der Waals surface area (Å²) in [6, 6.07) is 7.53. The number of anilines is 1. The zero-order valence-corrected chi connectivity index (χ0v) is 12.6. The van der Waals surface area contributed by atoms with Crippen molar-refractivity contribution >= 4 is 45.0 Å². The van der Waals surface area contributed by atoms with Gasteiger partial charge in [-0.05, 0) is 53.8 Å². The summed E-state index contributed by atoms with van der Waals surface area (Å²) in [6.45, 7) is 1.93. The van der Waals surface area contributed by atoms with Gasteiger partial charge in [-0.3, -0.25) is 10.1 Å². The van der Waals surface area contributed by atoms with E-state index in [-0.39, 0.29) is 12.5 Å². The summed E-state index contributed by atoms with van der Waals surface area (Å²) in [7, 11) is 0. The Kier molecular flexibility index (Phi) is 4.54. The molecule has 0 atom stereocenters. The normalized spacial score (nSPS) is 10.1. The van der Waals surface area contributed by atoms with Crippen molar-refractivity contribution in [2.45, 2.75) is 6.92 Å². The van der Waals surface area contributed by atoms with E-state index in [2.05, 4.69) is 32.9 Å². The third-order valence-electron chi connectivity index (χ3n) is 2.05. The lowest BCUT2D eigenvalue weighted by atomic mass is 10.3. The van der Waals surface area contributed by atoms with Crippen LogP contribution in [-0.2, 0) is 4.79 Å². The Morgan fingerprint density at radius 3 is 2.78 bits per heavy atom. The fourth-order valence-corrected chi connectivity index (χ4v) is 2.29. The number of hydrogen-bond acceptors (Lipinski definition) is 4. The monoisotopic (exact) mass is 374 g/mol. The van der Waals surface area contributed by atoms with Crippen molar-refractivity contribution in [3.63, 3.8) is 0 Å². The molecule has 0 unspecified atom stereocenters. The summed E-state index contributed by atoms with van der Waals surface area (Å²) in [4.78, 5) is 16.7. The lowest BCUT2D eigenvalue weighted by molar-refractivity contribution is -0.118. The van der Waals surface area contributed by atoms with Crippen molar-refractivity contribution in [1.82, 2.24) is 4.98 Å². The van der Waals surface area contributed by atoms with E-state index in [1.54, 1.807) is 6.20 Å². The average Bonchev–Trinajstić information content (AvgIpc) is 2.74. The van der Waals surface area contributed by atoms with Gasteiger partial charge >= 0.3 is 0 Å². The molecular formula is C12H11IN2O2S. The van der Waals surface area contributed by atoms with E-state index in [4.69, 9.17) is 4.74 Å². The number of nitrogens with one attached hydrogen (secondary N) is 1. The summed E-state index contributed by atoms with van der Waals surface area (Å²) >= 11 is 3.65. The van der Waals surface area contributed by atoms with Crippen molar-refractivity contribution in [2.75, 3.05) is 11.9 Å². The molecule has 1 amide bonds. The number of aryl methyl sites for hydroxylation is 1. The Morgan fingerprint density at radius 1 is 1.44 bits per heavy atom. The highest BCUT2D eigenvalue weighted by molar-refractivity contribution is 14.1. The van der Waals surface area contributed by atoms with Crippen LogP contribution in [0, 0.1) is 10.5 Å². The average molecular weight is 374 g/mol. The van der Waals surface area contributed by atoms with Gasteiger partial charge in [0.25, 0.3) is 5.91 Å². The van der Waals surface area contributed by atoms with Crippen LogP contribution >= 0.6 is 33.9 Å². The van der Waals surface area contributed by atoms with Crippen LogP contribution < -0.4 is 10.1 Å². The molecule has 0 aliphatic carbocycles. The van der Waals surface area contributed by atoms with Crippen LogP contribution in [-0.4, -0.2) is 17.5 Å². The van der Waals surface area contributed by atoms with Gasteiger partial charge in [0.15, 0.2) is 11.7 Å². The topological polar surface area (TPSA) is 51.2 Å². The number of nitrogens with zero attached hydrogens (tertiary/aromatic N) is 1. The summed E-state index contributed by atoms with van der Waals surface area (Å²) in [5.41, 5.74) is 0. The quantitative estimate of drug-likeness (QED) is 0.837. The summed E-state index contributed by atoms with van der Waals surface area (Å²) in [5, 5.41) is 3.29. The van der Waals surface area contributed by atoms with Crippen molar-refractivity contribution in [2.24, 2.45) is 0 Å². The molecular weight excluding hydrogens is 363 g/mol. The van der Waals surface area contributed by atoms with Crippen LogP contribution in [0.1, 0.15) is 4.88 Å². The maximum absolute atomic E-state index is 11.6. The van der Waals surface area contributed by atoms with Crippen LogP contribution in [0.5, 0.6) is 5.75 Å². The van der Waals surface area contributed by atoms with Crippen LogP contribution in [0.15, 0.2) is 30.5 Å². The number of hydrogen-bond donors (Lipinski definition) is 1. The molecule has 2 rings (SSSR count). The number of benzene rings is 1. The van der Waals surface area contributed by atoms with Crippen LogP contribution in [0.2, 0.25) is 0 Å². The lowest BCUT2D eigenvalue weighted by Gasteiger charge is -2.05. The highest BCUT2D eigenvalue weighted by Crippen LogP contribution is 2.17. The molecule has 0 saturated carbocycles. The lowest BCUT2D eigenvalue weighted by Crippen LogP contribution is -2.19. The largest absolute Gasteiger partial charge is 0.484 e. The van der Waals surface area contributed by atoms with Gasteiger partial charge in [0.1, 0.15) is 5.75 Å². The molecule has 0 saturated heterocycles. The molecule has 1 aromatic carbocycles. The zero-order valence-electron chi connectivity index (χ0n) is 9.64. The maximum Gasteiger partial charge on any atom is 0.264 e. The van der Waals surface area contributed by atoms with E-state index < -0.39 is 0 Å². The Bertz CT molecular complexity index is 539. The molecule has 6 heteroatoms. The first kappa shape index (κ1) is 13.3. The van der Waals surface area contributed by atoms with E-state index in [1.165, 1.54) is 11.3 Å². The van der Waals surface area contributed by atoms with Crippen molar-refractivity contribution < 1.29 is 9.53 Å². The number of amides is 1. The maximum atomic E-state index is 11.6. The molecule has 4 nitrogen and oxygen atoms in total. The van der Waals surface area contributed by atoms with Crippen LogP contribution in [0.4, 0.5) is 5.13 Å². The molecule has 0 aliphatic heterocycles. The first-order valence-corrected chi connectivity index (χ1v) is 7.13. The van der Waals surface area contributed by atoms with Gasteiger partial charge in [-0.25, -0.2) is 4.98 Å². The second-order valence-corrected chi connectivity index (χ2v) is 6.05. The Morgan fingerprint density at radius 2 is 2.17 bits per heavy atom. The Hall–Kier alpha value is -1.15. The molecule has 0 spiro atoms. The summed E-state index contributed by atoms with van der Waals surface area (Å²) < 4.78 is 6.49. The van der Waals surface area contributed by atoms with E-state index in [1.807, 2.05) is 31.2 Å². The predicted octanol–water partition coefficient (Wildman–Crippen LogP) is 3.07. The van der Waals surface area contributed by atoms with Crippen molar-refractivity contribution in [3.8, 4) is 5.75 Å². The van der Waals surface area contributed by atoms with Gasteiger partial charge in [0, 0.05) is 14.6 Å². The van der Waals surface area contributed by atoms with Gasteiger partial charge < -0.3 is 4.74 Å². The minimum absolute atomic E-state index is 0.0147. The molecule has 0 fully saturated rings. The van der Waals surface area contributed by atoms with Gasteiger partial charge in [-0.15, -0.1) is 11.3 Å². The SMILES string of the molecule is Cc1cnc(NC(=O)COc2ccc(I)cc2)s1. The first-order chi connectivity index (χ1) is 8.63. The number of thiazole rings is 1. The minimum Gasteiger partial charge on any atom is -0.484 e. The third-order valence-corrected chi connectivity index (χ3v) is 3.60. The summed E-state index contributed by atoms with van der Waals surface area (Å²) in [6.07, 6.45) is 1.72. The second kappa shape index (κ2) is 6.14. The Balaban J connectivity index is 1.83. The smallest absolute Gasteiger partial charge is 0.264 e. The van der Waals surface area contributed by atoms with Gasteiger partial charge in [0.05, 0.1) is 0 Å². The standard InChI is InChI=1S/C12H11IN2O2S/c1-8-6-14-12(18-8)15-11(16)7-17-10-4-2-9(13)3-5-10/h2-6H,7H2,1H3,(H,14,15,16). The van der Waals surface area contributed by atoms with E-state index in [9.17, 15) is 4.79 Å². The van der Waals surface area contributed by atoms with Gasteiger partial charge in [-0.1, -0.05) is 0 Å². The molecule has 1 aromatic heterocycles. The fraction of sp³-hybridized carbons (Fsp3) is 0.167. The zero-order chi connectivity index (χ0) is 13.0. The minimum atomic E-state index is -0.206. The van der Waals surface area contributed by atoms with E-state index in [0.717, 1.165) is 8.45 Å². The molecule has 0 radical (unpaired) electrons. The number of aromatic nitrogens is 1. The molecule has 1 N–H and O–H groups in total. The summed E-state index contributed by atoms with van der Waals surface area (Å²) in [5.74, 6) is 0.476. The molecule has 0 bridgehead atoms. The number of ether oxygens (including phenoxy) is 1. The Labute approximate surface area is 123 Å². The van der Waals surface area contributed by atoms with Crippen LogP contribution in [0.25, 0.3) is 0 Å². The molecule has 1 heterocycles. The van der Waals surface area contributed by atoms with Gasteiger partial charge in [0.2, 0.25) is 0 Å². The molecule has 0 aliphatic rings. The predicted molar refractivity (Wildman–Crippen MR) is 80.1 cm³/mol. The fourth-order valence-electron chi connectivity index (χ4n) is 1.25. The molecule has 2 aromatic rings. The number of rotatable bonds is 4. The number of carbonyl (C=O) groups is 1. The highest BCUT2D eigenvalue weighted by atomic mass is 127. The third kappa shape index (κ3) is 3.95. The highest BCUT2D eigenvalue weighted by Gasteiger charge is 2.06.